The highest BCUT2D eigenvalue weighted by Crippen LogP contribution is 2.31. The fraction of sp³-hybridized carbons (Fsp3) is 0.211. The summed E-state index contributed by atoms with van der Waals surface area (Å²) in [4.78, 5) is 0.129. The molecule has 0 radical (unpaired) electrons. The largest absolute Gasteiger partial charge is 0.416 e. The van der Waals surface area contributed by atoms with Gasteiger partial charge in [-0.2, -0.15) is 18.3 Å². The number of benzene rings is 2. The minimum Gasteiger partial charge on any atom is -0.238 e. The first kappa shape index (κ1) is 20.1. The zero-order valence-electron chi connectivity index (χ0n) is 15.1. The molecular formula is C19H18F3N3O2S. The van der Waals surface area contributed by atoms with Gasteiger partial charge in [-0.3, -0.25) is 0 Å². The monoisotopic (exact) mass is 409 g/mol. The Bertz CT molecular complexity index is 1080. The van der Waals surface area contributed by atoms with Crippen molar-refractivity contribution >= 4 is 10.0 Å². The van der Waals surface area contributed by atoms with Gasteiger partial charge in [0, 0.05) is 17.3 Å². The van der Waals surface area contributed by atoms with Crippen molar-refractivity contribution in [3.63, 3.8) is 0 Å². The van der Waals surface area contributed by atoms with Crippen molar-refractivity contribution in [2.45, 2.75) is 31.0 Å². The normalized spacial score (nSPS) is 13.5. The van der Waals surface area contributed by atoms with Crippen LogP contribution < -0.4 is 4.72 Å². The minimum absolute atomic E-state index is 0.129. The summed E-state index contributed by atoms with van der Waals surface area (Å²) >= 11 is 0. The number of hydrogen-bond donors (Lipinski definition) is 1. The van der Waals surface area contributed by atoms with Crippen molar-refractivity contribution in [2.75, 3.05) is 0 Å². The van der Waals surface area contributed by atoms with E-state index in [9.17, 15) is 21.6 Å². The Morgan fingerprint density at radius 2 is 1.75 bits per heavy atom. The van der Waals surface area contributed by atoms with Crippen LogP contribution in [0.1, 0.15) is 29.8 Å². The van der Waals surface area contributed by atoms with E-state index in [-0.39, 0.29) is 10.6 Å². The molecule has 1 N–H and O–H groups in total. The molecule has 148 valence electrons. The van der Waals surface area contributed by atoms with E-state index in [0.29, 0.717) is 11.3 Å². The van der Waals surface area contributed by atoms with Gasteiger partial charge in [-0.25, -0.2) is 17.8 Å². The predicted molar refractivity (Wildman–Crippen MR) is 98.5 cm³/mol. The lowest BCUT2D eigenvalue weighted by molar-refractivity contribution is -0.137. The van der Waals surface area contributed by atoms with Crippen LogP contribution in [0.2, 0.25) is 0 Å². The van der Waals surface area contributed by atoms with E-state index in [1.165, 1.54) is 35.1 Å². The Morgan fingerprint density at radius 1 is 1.07 bits per heavy atom. The molecule has 0 spiro atoms. The molecule has 2 aromatic carbocycles. The maximum absolute atomic E-state index is 13.0. The second-order valence-electron chi connectivity index (χ2n) is 6.30. The minimum atomic E-state index is -4.46. The molecule has 3 aromatic rings. The first-order valence-electron chi connectivity index (χ1n) is 8.39. The zero-order chi connectivity index (χ0) is 20.5. The summed E-state index contributed by atoms with van der Waals surface area (Å²) in [6.45, 7) is 3.33. The lowest BCUT2D eigenvalue weighted by Gasteiger charge is -2.15. The molecule has 0 unspecified atom stereocenters. The van der Waals surface area contributed by atoms with E-state index >= 15 is 0 Å². The zero-order valence-corrected chi connectivity index (χ0v) is 15.9. The van der Waals surface area contributed by atoms with E-state index in [4.69, 9.17) is 0 Å². The van der Waals surface area contributed by atoms with Gasteiger partial charge in [-0.1, -0.05) is 24.3 Å². The molecule has 9 heteroatoms. The molecule has 0 aliphatic rings. The number of halogens is 3. The first-order chi connectivity index (χ1) is 13.1. The molecule has 0 aliphatic heterocycles. The number of sulfonamides is 1. The van der Waals surface area contributed by atoms with Gasteiger partial charge in [0.15, 0.2) is 0 Å². The second-order valence-corrected chi connectivity index (χ2v) is 8.02. The third-order valence-electron chi connectivity index (χ3n) is 4.32. The van der Waals surface area contributed by atoms with Gasteiger partial charge in [-0.15, -0.1) is 0 Å². The lowest BCUT2D eigenvalue weighted by Crippen LogP contribution is -2.27. The molecule has 1 heterocycles. The molecule has 28 heavy (non-hydrogen) atoms. The molecular weight excluding hydrogens is 391 g/mol. The van der Waals surface area contributed by atoms with Crippen LogP contribution in [0.3, 0.4) is 0 Å². The van der Waals surface area contributed by atoms with E-state index < -0.39 is 27.8 Å². The summed E-state index contributed by atoms with van der Waals surface area (Å²) in [5, 5.41) is 4.15. The van der Waals surface area contributed by atoms with Crippen LogP contribution in [0.5, 0.6) is 0 Å². The summed E-state index contributed by atoms with van der Waals surface area (Å²) in [5.74, 6) is 0. The molecule has 3 rings (SSSR count). The quantitative estimate of drug-likeness (QED) is 0.686. The highest BCUT2D eigenvalue weighted by atomic mass is 32.2. The van der Waals surface area contributed by atoms with Gasteiger partial charge in [0.25, 0.3) is 0 Å². The Hall–Kier alpha value is -2.65. The topological polar surface area (TPSA) is 64.0 Å². The number of alkyl halides is 3. The van der Waals surface area contributed by atoms with Gasteiger partial charge >= 0.3 is 6.18 Å². The Balaban J connectivity index is 1.89. The molecule has 0 amide bonds. The molecule has 0 saturated heterocycles. The maximum Gasteiger partial charge on any atom is 0.416 e. The van der Waals surface area contributed by atoms with Gasteiger partial charge in [0.05, 0.1) is 22.3 Å². The third kappa shape index (κ3) is 4.10. The fourth-order valence-corrected chi connectivity index (χ4v) is 4.13. The van der Waals surface area contributed by atoms with Gasteiger partial charge in [0.2, 0.25) is 10.0 Å². The van der Waals surface area contributed by atoms with Crippen LogP contribution in [0.25, 0.3) is 5.69 Å². The predicted octanol–water partition coefficient (Wildman–Crippen LogP) is 4.24. The van der Waals surface area contributed by atoms with Crippen molar-refractivity contribution in [3.8, 4) is 5.69 Å². The second kappa shape index (κ2) is 7.40. The van der Waals surface area contributed by atoms with Crippen LogP contribution in [-0.4, -0.2) is 18.2 Å². The first-order valence-corrected chi connectivity index (χ1v) is 9.87. The fourth-order valence-electron chi connectivity index (χ4n) is 2.89. The average Bonchev–Trinajstić information content (AvgIpc) is 3.03. The van der Waals surface area contributed by atoms with Crippen LogP contribution in [0.15, 0.2) is 65.7 Å². The number of hydrogen-bond acceptors (Lipinski definition) is 3. The third-order valence-corrected chi connectivity index (χ3v) is 5.87. The molecule has 5 nitrogen and oxygen atoms in total. The summed E-state index contributed by atoms with van der Waals surface area (Å²) in [7, 11) is -3.74. The van der Waals surface area contributed by atoms with E-state index in [2.05, 4.69) is 9.82 Å². The Labute approximate surface area is 160 Å². The SMILES string of the molecule is Cc1c([C@@H](C)NS(=O)(=O)c2ccccc2)cnn1-c1cccc(C(F)(F)F)c1. The Kier molecular flexibility index (Phi) is 5.31. The molecule has 0 saturated carbocycles. The standard InChI is InChI=1S/C19H18F3N3O2S/c1-13(24-28(26,27)17-9-4-3-5-10-17)18-12-23-25(14(18)2)16-8-6-7-15(11-16)19(20,21)22/h3-13,24H,1-2H3/t13-/m1/s1. The smallest absolute Gasteiger partial charge is 0.238 e. The summed E-state index contributed by atoms with van der Waals surface area (Å²) in [6, 6.07) is 12.1. The summed E-state index contributed by atoms with van der Waals surface area (Å²) in [6.07, 6.45) is -3.01. The van der Waals surface area contributed by atoms with Gasteiger partial charge in [-0.05, 0) is 44.2 Å². The highest BCUT2D eigenvalue weighted by Gasteiger charge is 2.31. The number of rotatable bonds is 5. The number of nitrogens with zero attached hydrogens (tertiary/aromatic N) is 2. The van der Waals surface area contributed by atoms with E-state index in [1.54, 1.807) is 32.0 Å². The molecule has 1 aromatic heterocycles. The molecule has 0 fully saturated rings. The Morgan fingerprint density at radius 3 is 2.39 bits per heavy atom. The number of aromatic nitrogens is 2. The van der Waals surface area contributed by atoms with Crippen LogP contribution >= 0.6 is 0 Å². The van der Waals surface area contributed by atoms with Crippen molar-refractivity contribution < 1.29 is 21.6 Å². The lowest BCUT2D eigenvalue weighted by atomic mass is 10.1. The van der Waals surface area contributed by atoms with E-state index in [0.717, 1.165) is 12.1 Å². The van der Waals surface area contributed by atoms with Crippen molar-refractivity contribution in [2.24, 2.45) is 0 Å². The van der Waals surface area contributed by atoms with Crippen LogP contribution in [-0.2, 0) is 16.2 Å². The van der Waals surface area contributed by atoms with Crippen molar-refractivity contribution in [1.82, 2.24) is 14.5 Å². The average molecular weight is 409 g/mol. The summed E-state index contributed by atoms with van der Waals surface area (Å²) in [5.41, 5.74) is 0.579. The summed E-state index contributed by atoms with van der Waals surface area (Å²) < 4.78 is 67.8. The highest BCUT2D eigenvalue weighted by molar-refractivity contribution is 7.89. The van der Waals surface area contributed by atoms with Crippen molar-refractivity contribution in [1.29, 1.82) is 0 Å². The maximum atomic E-state index is 13.0. The van der Waals surface area contributed by atoms with E-state index in [1.807, 2.05) is 0 Å². The van der Waals surface area contributed by atoms with Crippen LogP contribution in [0.4, 0.5) is 13.2 Å². The van der Waals surface area contributed by atoms with Gasteiger partial charge in [0.1, 0.15) is 0 Å². The van der Waals surface area contributed by atoms with Crippen molar-refractivity contribution in [3.05, 3.63) is 77.6 Å². The number of nitrogens with one attached hydrogen (secondary N) is 1. The molecule has 0 aliphatic carbocycles. The van der Waals surface area contributed by atoms with Crippen LogP contribution in [0, 0.1) is 6.92 Å². The molecule has 1 atom stereocenters. The van der Waals surface area contributed by atoms with Gasteiger partial charge < -0.3 is 0 Å². The molecule has 0 bridgehead atoms.